The number of benzene rings is 4. The van der Waals surface area contributed by atoms with Crippen LogP contribution in [0.4, 0.5) is 0 Å². The Morgan fingerprint density at radius 2 is 1.00 bits per heavy atom. The fourth-order valence-corrected chi connectivity index (χ4v) is 13.1. The van der Waals surface area contributed by atoms with E-state index in [0.29, 0.717) is 9.18 Å². The van der Waals surface area contributed by atoms with Crippen molar-refractivity contribution in [2.45, 2.75) is 49.0 Å². The van der Waals surface area contributed by atoms with Crippen LogP contribution in [0.3, 0.4) is 0 Å². The summed E-state index contributed by atoms with van der Waals surface area (Å²) in [6.45, 7) is 9.86. The summed E-state index contributed by atoms with van der Waals surface area (Å²) in [5.41, 5.74) is 9.46. The van der Waals surface area contributed by atoms with Crippen LogP contribution < -0.4 is 0 Å². The van der Waals surface area contributed by atoms with Crippen molar-refractivity contribution in [3.63, 3.8) is 0 Å². The van der Waals surface area contributed by atoms with Gasteiger partial charge in [-0.1, -0.05) is 0 Å². The Balaban J connectivity index is 1.72. The van der Waals surface area contributed by atoms with Gasteiger partial charge in [0.1, 0.15) is 0 Å². The fraction of sp³-hybridized carbons (Fsp3) is 0.250. The summed E-state index contributed by atoms with van der Waals surface area (Å²) >= 11 is 4.87. The van der Waals surface area contributed by atoms with Crippen molar-refractivity contribution in [1.29, 1.82) is 0 Å². The second kappa shape index (κ2) is 8.70. The van der Waals surface area contributed by atoms with E-state index >= 15 is 0 Å². The van der Waals surface area contributed by atoms with Crippen LogP contribution >= 0.6 is 0 Å². The van der Waals surface area contributed by atoms with Crippen LogP contribution in [-0.2, 0) is 0 Å². The van der Waals surface area contributed by atoms with E-state index in [9.17, 15) is 0 Å². The molecule has 164 valence electrons. The Morgan fingerprint density at radius 1 is 0.600 bits per heavy atom. The molecule has 3 heteroatoms. The molecule has 0 nitrogen and oxygen atoms in total. The van der Waals surface area contributed by atoms with E-state index < -0.39 is 8.07 Å². The first-order chi connectivity index (χ1) is 16.9. The van der Waals surface area contributed by atoms with Crippen LogP contribution in [0, 0.1) is 0 Å². The third-order valence-electron chi connectivity index (χ3n) is 9.61. The standard InChI is InChI=1S/C32H30Si.2Li/c1-5-33(6-2,31-21(3)19-25-17-15-23-11-7-9-13-27(23)29(25)31)32-22(4)20-26-18-16-24-12-8-10-14-28(24)30(26)32;;/h7-20H,5-6H2,1-4H3;;. The van der Waals surface area contributed by atoms with Crippen LogP contribution in [0.2, 0.25) is 12.1 Å². The first-order valence-corrected chi connectivity index (χ1v) is 15.8. The molecule has 2 aliphatic rings. The van der Waals surface area contributed by atoms with Crippen LogP contribution in [0.1, 0.15) is 59.1 Å². The molecule has 0 aliphatic heterocycles. The van der Waals surface area contributed by atoms with E-state index in [1.54, 1.807) is 32.7 Å². The van der Waals surface area contributed by atoms with Crippen LogP contribution in [0.25, 0.3) is 31.9 Å². The molecule has 2 aliphatic carbocycles. The zero-order valence-electron chi connectivity index (χ0n) is 22.0. The average molecular weight is 457 g/mol. The molecule has 2 atom stereocenters. The van der Waals surface area contributed by atoms with Gasteiger partial charge in [-0.3, -0.25) is 0 Å². The molecule has 4 aromatic rings. The topological polar surface area (TPSA) is 0 Å². The normalized spacial score (nSPS) is 19.8. The molecule has 0 radical (unpaired) electrons. The fourth-order valence-electron chi connectivity index (χ4n) is 7.47. The van der Waals surface area contributed by atoms with Gasteiger partial charge >= 0.3 is 231 Å². The molecule has 0 aromatic heterocycles. The molecule has 0 saturated heterocycles. The van der Waals surface area contributed by atoms with Gasteiger partial charge in [0.15, 0.2) is 0 Å². The summed E-state index contributed by atoms with van der Waals surface area (Å²) in [5.74, 6) is 0. The van der Waals surface area contributed by atoms with Gasteiger partial charge in [0.2, 0.25) is 0 Å². The SMILES string of the molecule is [Li][CH]1C(C)=C([Si](CC)(CC)C2=C(C)[CH]([Li])c3ccc4ccccc4c32)c2c1ccc1ccccc21. The van der Waals surface area contributed by atoms with Crippen molar-refractivity contribution in [1.82, 2.24) is 0 Å². The van der Waals surface area contributed by atoms with E-state index in [-0.39, 0.29) is 0 Å². The van der Waals surface area contributed by atoms with Crippen molar-refractivity contribution in [3.8, 4) is 0 Å². The van der Waals surface area contributed by atoms with Crippen molar-refractivity contribution in [2.75, 3.05) is 0 Å². The minimum absolute atomic E-state index is 0.487. The van der Waals surface area contributed by atoms with Gasteiger partial charge in [-0.15, -0.1) is 0 Å². The Bertz CT molecular complexity index is 1460. The number of allylic oxidation sites excluding steroid dienone is 2. The zero-order chi connectivity index (χ0) is 24.5. The van der Waals surface area contributed by atoms with Gasteiger partial charge in [-0.05, 0) is 0 Å². The molecule has 2 unspecified atom stereocenters. The van der Waals surface area contributed by atoms with Crippen molar-refractivity contribution < 1.29 is 0 Å². The third-order valence-corrected chi connectivity index (χ3v) is 15.2. The molecule has 0 heterocycles. The van der Waals surface area contributed by atoms with Crippen molar-refractivity contribution in [3.05, 3.63) is 106 Å². The summed E-state index contributed by atoms with van der Waals surface area (Å²) in [7, 11) is -2.06. The summed E-state index contributed by atoms with van der Waals surface area (Å²) in [6.07, 6.45) is 0. The van der Waals surface area contributed by atoms with E-state index in [2.05, 4.69) is 136 Å². The Hall–Kier alpha value is -1.71. The molecule has 0 fully saturated rings. The summed E-state index contributed by atoms with van der Waals surface area (Å²) in [5, 5.41) is 9.12. The van der Waals surface area contributed by atoms with Crippen molar-refractivity contribution >= 4 is 75.4 Å². The van der Waals surface area contributed by atoms with Gasteiger partial charge in [0, 0.05) is 0 Å². The maximum absolute atomic E-state index is 2.48. The Kier molecular flexibility index (Phi) is 5.88. The second-order valence-corrected chi connectivity index (χ2v) is 15.4. The number of fused-ring (bicyclic) bond motifs is 6. The minimum atomic E-state index is -2.06. The third kappa shape index (κ3) is 3.20. The van der Waals surface area contributed by atoms with Gasteiger partial charge < -0.3 is 0 Å². The predicted molar refractivity (Wildman–Crippen MR) is 157 cm³/mol. The first-order valence-electron chi connectivity index (χ1n) is 13.4. The van der Waals surface area contributed by atoms with Crippen LogP contribution in [0.5, 0.6) is 0 Å². The number of hydrogen-bond acceptors (Lipinski definition) is 0. The van der Waals surface area contributed by atoms with Gasteiger partial charge in [-0.25, -0.2) is 0 Å². The molecular formula is C32H30Li2Si. The van der Waals surface area contributed by atoms with Crippen LogP contribution in [-0.4, -0.2) is 43.5 Å². The Labute approximate surface area is 229 Å². The van der Waals surface area contributed by atoms with E-state index in [0.717, 1.165) is 0 Å². The molecule has 35 heavy (non-hydrogen) atoms. The van der Waals surface area contributed by atoms with Gasteiger partial charge in [0.05, 0.1) is 0 Å². The summed E-state index contributed by atoms with van der Waals surface area (Å²) in [6, 6.07) is 30.1. The molecule has 0 N–H and O–H groups in total. The predicted octanol–water partition coefficient (Wildman–Crippen LogP) is 8.25. The first kappa shape index (κ1) is 23.7. The second-order valence-electron chi connectivity index (χ2n) is 10.9. The van der Waals surface area contributed by atoms with Gasteiger partial charge in [0.25, 0.3) is 0 Å². The monoisotopic (exact) mass is 456 g/mol. The molecule has 0 bridgehead atoms. The molecular weight excluding hydrogens is 426 g/mol. The molecule has 6 rings (SSSR count). The van der Waals surface area contributed by atoms with E-state index in [4.69, 9.17) is 0 Å². The molecule has 0 amide bonds. The van der Waals surface area contributed by atoms with E-state index in [1.807, 2.05) is 0 Å². The number of rotatable bonds is 4. The zero-order valence-corrected chi connectivity index (χ0v) is 23.0. The summed E-state index contributed by atoms with van der Waals surface area (Å²) in [4.78, 5) is 0. The van der Waals surface area contributed by atoms with E-state index in [1.165, 1.54) is 44.8 Å². The average Bonchev–Trinajstić information content (AvgIpc) is 3.31. The molecule has 0 spiro atoms. The van der Waals surface area contributed by atoms with Crippen molar-refractivity contribution in [2.24, 2.45) is 0 Å². The quantitative estimate of drug-likeness (QED) is 0.271. The maximum atomic E-state index is 2.48. The Morgan fingerprint density at radius 3 is 1.40 bits per heavy atom. The van der Waals surface area contributed by atoms with Gasteiger partial charge in [-0.2, -0.15) is 0 Å². The molecule has 4 aromatic carbocycles. The van der Waals surface area contributed by atoms with Crippen LogP contribution in [0.15, 0.2) is 83.9 Å². The molecule has 0 saturated carbocycles. The number of hydrogen-bond donors (Lipinski definition) is 0. The summed E-state index contributed by atoms with van der Waals surface area (Å²) < 4.78 is 0.975.